The lowest BCUT2D eigenvalue weighted by Crippen LogP contribution is -2.52. The Hall–Kier alpha value is -2.28. The molecule has 0 heterocycles. The first-order chi connectivity index (χ1) is 15.1. The lowest BCUT2D eigenvalue weighted by molar-refractivity contribution is 0.318. The van der Waals surface area contributed by atoms with Crippen molar-refractivity contribution < 1.29 is 48.3 Å². The lowest BCUT2D eigenvalue weighted by atomic mass is 9.35. The number of hydrogen-bond acceptors (Lipinski definition) is 1. The molecule has 2 aromatic carbocycles. The minimum absolute atomic E-state index is 0.0218. The molecule has 0 saturated carbocycles. The summed E-state index contributed by atoms with van der Waals surface area (Å²) in [4.78, 5) is 0. The largest absolute Gasteiger partial charge is 0.417 e. The normalized spacial score (nSPS) is 12.5. The summed E-state index contributed by atoms with van der Waals surface area (Å²) in [6.07, 6.45) is 1.05. The molecular formula is C20H17BF10OSi. The predicted molar refractivity (Wildman–Crippen MR) is 105 cm³/mol. The fourth-order valence-corrected chi connectivity index (χ4v) is 3.85. The van der Waals surface area contributed by atoms with Crippen molar-refractivity contribution in [3.05, 3.63) is 69.7 Å². The molecule has 0 spiro atoms. The first-order valence-corrected chi connectivity index (χ1v) is 12.9. The highest BCUT2D eigenvalue weighted by molar-refractivity contribution is 6.91. The minimum atomic E-state index is -2.55. The second-order valence-electron chi connectivity index (χ2n) is 8.10. The molecule has 13 heteroatoms. The monoisotopic (exact) mass is 502 g/mol. The molecule has 0 fully saturated rings. The topological polar surface area (TPSA) is 9.23 Å². The van der Waals surface area contributed by atoms with Gasteiger partial charge in [0, 0.05) is 17.5 Å². The van der Waals surface area contributed by atoms with Crippen LogP contribution in [0.3, 0.4) is 0 Å². The molecule has 0 aromatic heterocycles. The maximum Gasteiger partial charge on any atom is 0.252 e. The third-order valence-corrected chi connectivity index (χ3v) is 5.71. The van der Waals surface area contributed by atoms with Gasteiger partial charge < -0.3 is 4.43 Å². The van der Waals surface area contributed by atoms with Gasteiger partial charge in [-0.3, -0.25) is 0 Å². The Morgan fingerprint density at radius 3 is 1.24 bits per heavy atom. The van der Waals surface area contributed by atoms with E-state index in [1.54, 1.807) is 0 Å². The highest BCUT2D eigenvalue weighted by atomic mass is 28.4. The summed E-state index contributed by atoms with van der Waals surface area (Å²) >= 11 is 0. The van der Waals surface area contributed by atoms with E-state index in [-0.39, 0.29) is 13.0 Å². The molecule has 0 saturated heterocycles. The van der Waals surface area contributed by atoms with Gasteiger partial charge in [-0.05, 0) is 26.1 Å². The van der Waals surface area contributed by atoms with E-state index in [0.29, 0.717) is 0 Å². The highest BCUT2D eigenvalue weighted by Gasteiger charge is 2.40. The number of rotatable bonds is 7. The molecule has 0 aliphatic rings. The van der Waals surface area contributed by atoms with Crippen molar-refractivity contribution in [1.29, 1.82) is 0 Å². The molecule has 0 atom stereocenters. The molecule has 180 valence electrons. The van der Waals surface area contributed by atoms with Gasteiger partial charge in [0.25, 0.3) is 6.71 Å². The molecule has 0 aliphatic carbocycles. The summed E-state index contributed by atoms with van der Waals surface area (Å²) in [5.41, 5.74) is -3.94. The van der Waals surface area contributed by atoms with Gasteiger partial charge in [0.05, 0.1) is 0 Å². The SMILES string of the molecule is C/C(=C/CCO[Si](C)(C)C)B(c1c(F)c(F)c(F)c(F)c1F)c1c(F)c(F)c(F)c(F)c1F. The van der Waals surface area contributed by atoms with Gasteiger partial charge >= 0.3 is 0 Å². The zero-order valence-electron chi connectivity index (χ0n) is 17.8. The highest BCUT2D eigenvalue weighted by Crippen LogP contribution is 2.22. The van der Waals surface area contributed by atoms with E-state index in [1.165, 1.54) is 0 Å². The third-order valence-electron chi connectivity index (χ3n) is 4.64. The van der Waals surface area contributed by atoms with E-state index in [0.717, 1.165) is 13.0 Å². The van der Waals surface area contributed by atoms with Gasteiger partial charge in [-0.1, -0.05) is 18.5 Å². The first-order valence-electron chi connectivity index (χ1n) is 9.45. The molecule has 0 amide bonds. The van der Waals surface area contributed by atoms with Crippen molar-refractivity contribution in [2.24, 2.45) is 0 Å². The van der Waals surface area contributed by atoms with Gasteiger partial charge in [0.1, 0.15) is 0 Å². The van der Waals surface area contributed by atoms with Crippen LogP contribution in [0.2, 0.25) is 19.6 Å². The number of allylic oxidation sites excluding steroid dienone is 1. The summed E-state index contributed by atoms with van der Waals surface area (Å²) in [6, 6.07) is 0. The first kappa shape index (κ1) is 27.0. The van der Waals surface area contributed by atoms with Crippen LogP contribution in [-0.4, -0.2) is 21.6 Å². The van der Waals surface area contributed by atoms with Crippen molar-refractivity contribution >= 4 is 26.0 Å². The van der Waals surface area contributed by atoms with Crippen LogP contribution in [0.25, 0.3) is 0 Å². The summed E-state index contributed by atoms with van der Waals surface area (Å²) in [5, 5.41) is 0. The number of benzene rings is 2. The van der Waals surface area contributed by atoms with Crippen molar-refractivity contribution in [3.8, 4) is 0 Å². The predicted octanol–water partition coefficient (Wildman–Crippen LogP) is 5.41. The van der Waals surface area contributed by atoms with Gasteiger partial charge in [0.2, 0.25) is 0 Å². The average molecular weight is 502 g/mol. The van der Waals surface area contributed by atoms with Crippen LogP contribution in [0, 0.1) is 58.2 Å². The summed E-state index contributed by atoms with van der Waals surface area (Å²) in [6.45, 7) is 3.98. The average Bonchev–Trinajstić information content (AvgIpc) is 2.74. The van der Waals surface area contributed by atoms with E-state index < -0.39 is 89.6 Å². The van der Waals surface area contributed by atoms with E-state index in [1.807, 2.05) is 19.6 Å². The van der Waals surface area contributed by atoms with E-state index in [9.17, 15) is 43.9 Å². The van der Waals surface area contributed by atoms with Crippen LogP contribution >= 0.6 is 0 Å². The Kier molecular flexibility index (Phi) is 8.11. The van der Waals surface area contributed by atoms with Crippen LogP contribution in [0.4, 0.5) is 43.9 Å². The molecule has 2 aromatic rings. The van der Waals surface area contributed by atoms with Crippen molar-refractivity contribution in [2.45, 2.75) is 33.0 Å². The third kappa shape index (κ3) is 5.29. The molecule has 0 aliphatic heterocycles. The Balaban J connectivity index is 2.82. The standard InChI is InChI=1S/C20H17BF10OSi/c1-8(6-5-7-32-33(2,3)4)21(9-11(22)15(26)19(30)16(27)12(9)23)10-13(24)17(28)20(31)18(29)14(10)25/h6H,5,7H2,1-4H3/b8-6-. The van der Waals surface area contributed by atoms with Gasteiger partial charge in [-0.15, -0.1) is 0 Å². The molecule has 0 unspecified atom stereocenters. The maximum absolute atomic E-state index is 14.5. The molecule has 1 nitrogen and oxygen atoms in total. The van der Waals surface area contributed by atoms with Gasteiger partial charge in [0.15, 0.2) is 66.5 Å². The zero-order chi connectivity index (χ0) is 25.4. The Morgan fingerprint density at radius 2 is 0.939 bits per heavy atom. The second kappa shape index (κ2) is 9.92. The van der Waals surface area contributed by atoms with Gasteiger partial charge in [-0.2, -0.15) is 0 Å². The molecule has 0 bridgehead atoms. The molecule has 2 rings (SSSR count). The van der Waals surface area contributed by atoms with Crippen LogP contribution in [0.1, 0.15) is 13.3 Å². The summed E-state index contributed by atoms with van der Waals surface area (Å²) in [7, 11) is -2.01. The van der Waals surface area contributed by atoms with E-state index in [2.05, 4.69) is 0 Å². The van der Waals surface area contributed by atoms with Crippen LogP contribution in [0.5, 0.6) is 0 Å². The van der Waals surface area contributed by atoms with Crippen LogP contribution in [0.15, 0.2) is 11.5 Å². The lowest BCUT2D eigenvalue weighted by Gasteiger charge is -2.21. The van der Waals surface area contributed by atoms with Crippen molar-refractivity contribution in [1.82, 2.24) is 0 Å². The second-order valence-corrected chi connectivity index (χ2v) is 12.6. The number of halogens is 10. The molecular weight excluding hydrogens is 485 g/mol. The van der Waals surface area contributed by atoms with E-state index in [4.69, 9.17) is 4.43 Å². The Labute approximate surface area is 184 Å². The fraction of sp³-hybridized carbons (Fsp3) is 0.300. The van der Waals surface area contributed by atoms with Gasteiger partial charge in [-0.25, -0.2) is 43.9 Å². The van der Waals surface area contributed by atoms with Crippen LogP contribution < -0.4 is 10.9 Å². The summed E-state index contributed by atoms with van der Waals surface area (Å²) < 4.78 is 146. The zero-order valence-corrected chi connectivity index (χ0v) is 18.8. The number of hydrogen-bond donors (Lipinski definition) is 0. The quantitative estimate of drug-likeness (QED) is 0.162. The van der Waals surface area contributed by atoms with Crippen molar-refractivity contribution in [2.75, 3.05) is 6.61 Å². The maximum atomic E-state index is 14.5. The summed E-state index contributed by atoms with van der Waals surface area (Å²) in [5.74, 6) is -24.7. The minimum Gasteiger partial charge on any atom is -0.417 e. The van der Waals surface area contributed by atoms with E-state index >= 15 is 0 Å². The Bertz CT molecular complexity index is 986. The fourth-order valence-electron chi connectivity index (χ4n) is 3.12. The smallest absolute Gasteiger partial charge is 0.252 e. The van der Waals surface area contributed by atoms with Crippen LogP contribution in [-0.2, 0) is 4.43 Å². The molecule has 0 N–H and O–H groups in total. The van der Waals surface area contributed by atoms with Crippen molar-refractivity contribution in [3.63, 3.8) is 0 Å². The Morgan fingerprint density at radius 1 is 0.636 bits per heavy atom. The molecule has 0 radical (unpaired) electrons. The molecule has 33 heavy (non-hydrogen) atoms.